The molecule has 1 aliphatic heterocycles. The topological polar surface area (TPSA) is 121 Å². The van der Waals surface area contributed by atoms with Gasteiger partial charge < -0.3 is 5.11 Å². The van der Waals surface area contributed by atoms with Crippen LogP contribution < -0.4 is 4.72 Å². The van der Waals surface area contributed by atoms with Crippen LogP contribution in [0.2, 0.25) is 0 Å². The highest BCUT2D eigenvalue weighted by Gasteiger charge is 2.38. The number of carbonyl (C=O) groups is 1. The number of hydrogen-bond donors (Lipinski definition) is 2. The fourth-order valence-corrected chi connectivity index (χ4v) is 5.19. The van der Waals surface area contributed by atoms with E-state index < -0.39 is 37.8 Å². The number of nitrogens with one attached hydrogen (secondary N) is 1. The summed E-state index contributed by atoms with van der Waals surface area (Å²) >= 11 is 0. The summed E-state index contributed by atoms with van der Waals surface area (Å²) in [5.41, 5.74) is 0. The van der Waals surface area contributed by atoms with Crippen LogP contribution in [0.5, 0.6) is 0 Å². The molecule has 23 heavy (non-hydrogen) atoms. The molecule has 1 fully saturated rings. The molecule has 1 atom stereocenters. The normalized spacial score (nSPS) is 19.7. The lowest BCUT2D eigenvalue weighted by Gasteiger charge is -2.20. The van der Waals surface area contributed by atoms with E-state index in [-0.39, 0.29) is 24.4 Å². The highest BCUT2D eigenvalue weighted by molar-refractivity contribution is 7.90. The third-order valence-electron chi connectivity index (χ3n) is 3.55. The van der Waals surface area contributed by atoms with Crippen LogP contribution in [0.25, 0.3) is 0 Å². The summed E-state index contributed by atoms with van der Waals surface area (Å²) in [7, 11) is -7.62. The number of hydrogen-bond acceptors (Lipinski definition) is 5. The highest BCUT2D eigenvalue weighted by atomic mass is 32.2. The minimum absolute atomic E-state index is 0.0435. The maximum Gasteiger partial charge on any atom is 0.322 e. The molecule has 0 bridgehead atoms. The van der Waals surface area contributed by atoms with Gasteiger partial charge in [-0.05, 0) is 25.0 Å². The van der Waals surface area contributed by atoms with E-state index in [0.717, 1.165) is 4.31 Å². The second-order valence-electron chi connectivity index (χ2n) is 5.13. The van der Waals surface area contributed by atoms with Crippen LogP contribution >= 0.6 is 0 Å². The van der Waals surface area contributed by atoms with Crippen molar-refractivity contribution in [1.82, 2.24) is 9.03 Å². The maximum absolute atomic E-state index is 12.2. The molecule has 1 heterocycles. The molecule has 10 heteroatoms. The first kappa shape index (κ1) is 17.9. The van der Waals surface area contributed by atoms with Crippen molar-refractivity contribution in [3.8, 4) is 0 Å². The zero-order valence-electron chi connectivity index (χ0n) is 12.3. The van der Waals surface area contributed by atoms with Crippen molar-refractivity contribution in [1.29, 1.82) is 0 Å². The third kappa shape index (κ3) is 4.28. The quantitative estimate of drug-likeness (QED) is 0.695. The Hall–Kier alpha value is -1.49. The summed E-state index contributed by atoms with van der Waals surface area (Å²) in [4.78, 5) is 11.1. The lowest BCUT2D eigenvalue weighted by molar-refractivity contribution is -0.140. The number of benzene rings is 1. The summed E-state index contributed by atoms with van der Waals surface area (Å²) in [6.45, 7) is -0.173. The van der Waals surface area contributed by atoms with E-state index >= 15 is 0 Å². The van der Waals surface area contributed by atoms with Gasteiger partial charge in [0.15, 0.2) is 0 Å². The molecule has 0 aromatic heterocycles. The van der Waals surface area contributed by atoms with Gasteiger partial charge >= 0.3 is 5.97 Å². The van der Waals surface area contributed by atoms with Gasteiger partial charge in [0.05, 0.1) is 10.6 Å². The van der Waals surface area contributed by atoms with Crippen LogP contribution in [-0.4, -0.2) is 57.1 Å². The van der Waals surface area contributed by atoms with Gasteiger partial charge in [0, 0.05) is 13.1 Å². The number of sulfonamides is 2. The smallest absolute Gasteiger partial charge is 0.322 e. The third-order valence-corrected chi connectivity index (χ3v) is 6.90. The monoisotopic (exact) mass is 362 g/mol. The first-order valence-electron chi connectivity index (χ1n) is 7.01. The minimum atomic E-state index is -3.83. The first-order chi connectivity index (χ1) is 10.7. The SMILES string of the molecule is O=C(O)[C@H]1CCCN1S(=O)(=O)CCNS(=O)(=O)c1ccccc1. The second kappa shape index (κ2) is 6.95. The van der Waals surface area contributed by atoms with Gasteiger partial charge in [-0.15, -0.1) is 0 Å². The van der Waals surface area contributed by atoms with Gasteiger partial charge in [-0.3, -0.25) is 4.79 Å². The summed E-state index contributed by atoms with van der Waals surface area (Å²) in [5.74, 6) is -1.67. The van der Waals surface area contributed by atoms with Gasteiger partial charge in [0.2, 0.25) is 20.0 Å². The number of nitrogens with zero attached hydrogens (tertiary/aromatic N) is 1. The molecule has 1 aliphatic rings. The van der Waals surface area contributed by atoms with Gasteiger partial charge in [-0.25, -0.2) is 21.6 Å². The standard InChI is InChI=1S/C13H18N2O6S2/c16-13(17)12-7-4-9-15(12)22(18,19)10-8-14-23(20,21)11-5-2-1-3-6-11/h1-3,5-6,12,14H,4,7-10H2,(H,16,17)/t12-/m1/s1. The van der Waals surface area contributed by atoms with E-state index in [1.54, 1.807) is 18.2 Å². The molecular weight excluding hydrogens is 344 g/mol. The molecule has 0 spiro atoms. The van der Waals surface area contributed by atoms with Crippen LogP contribution in [0, 0.1) is 0 Å². The molecule has 2 rings (SSSR count). The van der Waals surface area contributed by atoms with Crippen LogP contribution in [0.3, 0.4) is 0 Å². The van der Waals surface area contributed by atoms with Crippen LogP contribution in [0.15, 0.2) is 35.2 Å². The summed E-state index contributed by atoms with van der Waals surface area (Å²) < 4.78 is 51.5. The Morgan fingerprint density at radius 1 is 1.22 bits per heavy atom. The van der Waals surface area contributed by atoms with Gasteiger partial charge in [0.1, 0.15) is 6.04 Å². The van der Waals surface area contributed by atoms with Crippen molar-refractivity contribution >= 4 is 26.0 Å². The fourth-order valence-electron chi connectivity index (χ4n) is 2.43. The predicted molar refractivity (Wildman–Crippen MR) is 82.8 cm³/mol. The van der Waals surface area contributed by atoms with E-state index in [4.69, 9.17) is 5.11 Å². The number of carboxylic acids is 1. The van der Waals surface area contributed by atoms with Gasteiger partial charge in [-0.1, -0.05) is 18.2 Å². The zero-order chi connectivity index (χ0) is 17.1. The maximum atomic E-state index is 12.2. The lowest BCUT2D eigenvalue weighted by atomic mass is 10.2. The van der Waals surface area contributed by atoms with Crippen LogP contribution in [-0.2, 0) is 24.8 Å². The Balaban J connectivity index is 1.99. The average Bonchev–Trinajstić information content (AvgIpc) is 2.98. The minimum Gasteiger partial charge on any atom is -0.480 e. The molecule has 128 valence electrons. The van der Waals surface area contributed by atoms with Crippen molar-refractivity contribution in [2.75, 3.05) is 18.8 Å². The zero-order valence-corrected chi connectivity index (χ0v) is 13.9. The van der Waals surface area contributed by atoms with Gasteiger partial charge in [-0.2, -0.15) is 4.31 Å². The Bertz CT molecular complexity index is 761. The molecule has 0 saturated carbocycles. The lowest BCUT2D eigenvalue weighted by Crippen LogP contribution is -2.43. The molecule has 0 amide bonds. The molecule has 1 aromatic carbocycles. The largest absolute Gasteiger partial charge is 0.480 e. The van der Waals surface area contributed by atoms with Crippen molar-refractivity contribution in [2.45, 2.75) is 23.8 Å². The van der Waals surface area contributed by atoms with Crippen LogP contribution in [0.1, 0.15) is 12.8 Å². The molecule has 1 saturated heterocycles. The Morgan fingerprint density at radius 3 is 2.48 bits per heavy atom. The summed E-state index contributed by atoms with van der Waals surface area (Å²) in [5, 5.41) is 9.03. The van der Waals surface area contributed by atoms with E-state index in [1.807, 2.05) is 0 Å². The second-order valence-corrected chi connectivity index (χ2v) is 8.94. The number of rotatable bonds is 7. The predicted octanol–water partition coefficient (Wildman–Crippen LogP) is -0.156. The van der Waals surface area contributed by atoms with Crippen molar-refractivity contribution < 1.29 is 26.7 Å². The number of aliphatic carboxylic acids is 1. The van der Waals surface area contributed by atoms with E-state index in [0.29, 0.717) is 6.42 Å². The average molecular weight is 362 g/mol. The van der Waals surface area contributed by atoms with Crippen molar-refractivity contribution in [3.63, 3.8) is 0 Å². The van der Waals surface area contributed by atoms with E-state index in [9.17, 15) is 21.6 Å². The molecule has 2 N–H and O–H groups in total. The summed E-state index contributed by atoms with van der Waals surface area (Å²) in [6.07, 6.45) is 0.746. The first-order valence-corrected chi connectivity index (χ1v) is 10.1. The van der Waals surface area contributed by atoms with Crippen LogP contribution in [0.4, 0.5) is 0 Å². The molecular formula is C13H18N2O6S2. The molecule has 0 radical (unpaired) electrons. The van der Waals surface area contributed by atoms with Crippen molar-refractivity contribution in [3.05, 3.63) is 30.3 Å². The van der Waals surface area contributed by atoms with E-state index in [2.05, 4.69) is 4.72 Å². The van der Waals surface area contributed by atoms with E-state index in [1.165, 1.54) is 12.1 Å². The molecule has 0 aliphatic carbocycles. The highest BCUT2D eigenvalue weighted by Crippen LogP contribution is 2.21. The fraction of sp³-hybridized carbons (Fsp3) is 0.462. The number of carboxylic acid groups (broad SMARTS) is 1. The van der Waals surface area contributed by atoms with Crippen molar-refractivity contribution in [2.24, 2.45) is 0 Å². The Labute approximate surface area is 135 Å². The molecule has 0 unspecified atom stereocenters. The molecule has 1 aromatic rings. The molecule has 8 nitrogen and oxygen atoms in total. The Morgan fingerprint density at radius 2 is 1.87 bits per heavy atom. The van der Waals surface area contributed by atoms with Gasteiger partial charge in [0.25, 0.3) is 0 Å². The summed E-state index contributed by atoms with van der Waals surface area (Å²) in [6, 6.07) is 6.53. The Kier molecular flexibility index (Phi) is 5.40.